The van der Waals surface area contributed by atoms with Gasteiger partial charge in [-0.3, -0.25) is 9.59 Å². The first-order chi connectivity index (χ1) is 15.1. The van der Waals surface area contributed by atoms with Crippen molar-refractivity contribution in [1.29, 1.82) is 0 Å². The molecule has 1 heterocycles. The summed E-state index contributed by atoms with van der Waals surface area (Å²) in [6.45, 7) is 2.21. The maximum Gasteiger partial charge on any atom is 0.257 e. The molecule has 0 atom stereocenters. The number of hydrogen-bond acceptors (Lipinski definition) is 4. The van der Waals surface area contributed by atoms with E-state index in [0.717, 1.165) is 11.3 Å². The standard InChI is InChI=1S/C25H24N2O4/c28-23-9-5-4-8-22(23)25(30)27-16-14-26(15-17-27)24(29)20-12-10-19(11-13-20)18-31-21-6-2-1-3-7-21/h1-13,28H,14-18H2. The van der Waals surface area contributed by atoms with E-state index in [2.05, 4.69) is 0 Å². The number of hydrogen-bond donors (Lipinski definition) is 1. The van der Waals surface area contributed by atoms with E-state index in [1.165, 1.54) is 6.07 Å². The normalized spacial score (nSPS) is 13.7. The van der Waals surface area contributed by atoms with Gasteiger partial charge in [0, 0.05) is 31.7 Å². The molecule has 1 saturated heterocycles. The zero-order chi connectivity index (χ0) is 21.6. The summed E-state index contributed by atoms with van der Waals surface area (Å²) in [6.07, 6.45) is 0. The van der Waals surface area contributed by atoms with E-state index < -0.39 is 0 Å². The summed E-state index contributed by atoms with van der Waals surface area (Å²) >= 11 is 0. The Morgan fingerprint density at radius 2 is 1.32 bits per heavy atom. The van der Waals surface area contributed by atoms with Crippen molar-refractivity contribution in [3.8, 4) is 11.5 Å². The first kappa shape index (κ1) is 20.5. The van der Waals surface area contributed by atoms with Crippen LogP contribution in [0.15, 0.2) is 78.9 Å². The molecule has 1 aliphatic heterocycles. The Labute approximate surface area is 181 Å². The van der Waals surface area contributed by atoms with Crippen LogP contribution in [-0.4, -0.2) is 52.9 Å². The predicted octanol–water partition coefficient (Wildman–Crippen LogP) is 3.57. The van der Waals surface area contributed by atoms with Crippen molar-refractivity contribution in [3.05, 3.63) is 95.6 Å². The minimum absolute atomic E-state index is 0.0256. The predicted molar refractivity (Wildman–Crippen MR) is 117 cm³/mol. The number of carbonyl (C=O) groups is 2. The fourth-order valence-corrected chi connectivity index (χ4v) is 3.55. The van der Waals surface area contributed by atoms with Crippen LogP contribution in [0.25, 0.3) is 0 Å². The number of rotatable bonds is 5. The lowest BCUT2D eigenvalue weighted by Crippen LogP contribution is -2.50. The van der Waals surface area contributed by atoms with E-state index in [9.17, 15) is 14.7 Å². The van der Waals surface area contributed by atoms with Crippen molar-refractivity contribution in [2.45, 2.75) is 6.61 Å². The molecule has 0 radical (unpaired) electrons. The van der Waals surface area contributed by atoms with E-state index in [1.807, 2.05) is 54.6 Å². The van der Waals surface area contributed by atoms with Gasteiger partial charge in [0.2, 0.25) is 0 Å². The quantitative estimate of drug-likeness (QED) is 0.690. The second-order valence-electron chi connectivity index (χ2n) is 7.40. The molecule has 0 saturated carbocycles. The van der Waals surface area contributed by atoms with Crippen LogP contribution in [0, 0.1) is 0 Å². The first-order valence-corrected chi connectivity index (χ1v) is 10.2. The molecule has 6 nitrogen and oxygen atoms in total. The number of ether oxygens (including phenoxy) is 1. The molecule has 0 aromatic heterocycles. The van der Waals surface area contributed by atoms with Crippen molar-refractivity contribution in [3.63, 3.8) is 0 Å². The minimum Gasteiger partial charge on any atom is -0.507 e. The summed E-state index contributed by atoms with van der Waals surface area (Å²) in [5, 5.41) is 9.90. The first-order valence-electron chi connectivity index (χ1n) is 10.2. The number of para-hydroxylation sites is 2. The van der Waals surface area contributed by atoms with Crippen LogP contribution < -0.4 is 4.74 Å². The third-order valence-electron chi connectivity index (χ3n) is 5.34. The molecule has 0 bridgehead atoms. The van der Waals surface area contributed by atoms with Gasteiger partial charge in [-0.15, -0.1) is 0 Å². The molecule has 1 N–H and O–H groups in total. The largest absolute Gasteiger partial charge is 0.507 e. The molecular formula is C25H24N2O4. The van der Waals surface area contributed by atoms with Crippen molar-refractivity contribution in [2.24, 2.45) is 0 Å². The van der Waals surface area contributed by atoms with Crippen LogP contribution in [-0.2, 0) is 6.61 Å². The average Bonchev–Trinajstić information content (AvgIpc) is 2.83. The molecule has 158 valence electrons. The topological polar surface area (TPSA) is 70.1 Å². The summed E-state index contributed by atoms with van der Waals surface area (Å²) in [7, 11) is 0. The molecule has 0 spiro atoms. The van der Waals surface area contributed by atoms with Gasteiger partial charge in [-0.05, 0) is 42.0 Å². The number of phenols is 1. The minimum atomic E-state index is -0.215. The summed E-state index contributed by atoms with van der Waals surface area (Å²) < 4.78 is 5.74. The van der Waals surface area contributed by atoms with Crippen LogP contribution >= 0.6 is 0 Å². The molecule has 1 fully saturated rings. The zero-order valence-corrected chi connectivity index (χ0v) is 17.1. The summed E-state index contributed by atoms with van der Waals surface area (Å²) in [6, 6.07) is 23.5. The lowest BCUT2D eigenvalue weighted by Gasteiger charge is -2.35. The van der Waals surface area contributed by atoms with Crippen LogP contribution in [0.3, 0.4) is 0 Å². The van der Waals surface area contributed by atoms with Gasteiger partial charge < -0.3 is 19.6 Å². The van der Waals surface area contributed by atoms with Crippen LogP contribution in [0.1, 0.15) is 26.3 Å². The number of piperazine rings is 1. The zero-order valence-electron chi connectivity index (χ0n) is 17.1. The van der Waals surface area contributed by atoms with Crippen molar-refractivity contribution < 1.29 is 19.4 Å². The highest BCUT2D eigenvalue weighted by molar-refractivity contribution is 5.97. The van der Waals surface area contributed by atoms with Crippen LogP contribution in [0.2, 0.25) is 0 Å². The van der Waals surface area contributed by atoms with Gasteiger partial charge in [-0.2, -0.15) is 0 Å². The van der Waals surface area contributed by atoms with Crippen molar-refractivity contribution in [2.75, 3.05) is 26.2 Å². The monoisotopic (exact) mass is 416 g/mol. The van der Waals surface area contributed by atoms with E-state index in [-0.39, 0.29) is 23.1 Å². The number of phenolic OH excluding ortho intramolecular Hbond substituents is 1. The number of aromatic hydroxyl groups is 1. The van der Waals surface area contributed by atoms with Crippen LogP contribution in [0.4, 0.5) is 0 Å². The highest BCUT2D eigenvalue weighted by Crippen LogP contribution is 2.19. The van der Waals surface area contributed by atoms with Crippen molar-refractivity contribution >= 4 is 11.8 Å². The molecule has 0 unspecified atom stereocenters. The molecule has 3 aromatic rings. The SMILES string of the molecule is O=C(c1ccc(COc2ccccc2)cc1)N1CCN(C(=O)c2ccccc2O)CC1. The fraction of sp³-hybridized carbons (Fsp3) is 0.200. The van der Waals surface area contributed by atoms with Gasteiger partial charge in [0.15, 0.2) is 0 Å². The van der Waals surface area contributed by atoms with Gasteiger partial charge in [0.05, 0.1) is 5.56 Å². The molecular weight excluding hydrogens is 392 g/mol. The molecule has 4 rings (SSSR count). The molecule has 1 aliphatic rings. The third-order valence-corrected chi connectivity index (χ3v) is 5.34. The summed E-state index contributed by atoms with van der Waals surface area (Å²) in [4.78, 5) is 28.9. The maximum absolute atomic E-state index is 12.8. The lowest BCUT2D eigenvalue weighted by molar-refractivity contribution is 0.0533. The Kier molecular flexibility index (Phi) is 6.17. The Hall–Kier alpha value is -3.80. The van der Waals surface area contributed by atoms with E-state index in [1.54, 1.807) is 28.0 Å². The molecule has 0 aliphatic carbocycles. The highest BCUT2D eigenvalue weighted by Gasteiger charge is 2.26. The molecule has 6 heteroatoms. The average molecular weight is 416 g/mol. The van der Waals surface area contributed by atoms with Crippen molar-refractivity contribution in [1.82, 2.24) is 9.80 Å². The number of benzene rings is 3. The van der Waals surface area contributed by atoms with E-state index in [0.29, 0.717) is 38.3 Å². The van der Waals surface area contributed by atoms with Gasteiger partial charge in [-0.25, -0.2) is 0 Å². The second-order valence-corrected chi connectivity index (χ2v) is 7.40. The van der Waals surface area contributed by atoms with Gasteiger partial charge in [0.1, 0.15) is 18.1 Å². The van der Waals surface area contributed by atoms with E-state index >= 15 is 0 Å². The number of amides is 2. The van der Waals surface area contributed by atoms with Gasteiger partial charge in [-0.1, -0.05) is 42.5 Å². The molecule has 3 aromatic carbocycles. The lowest BCUT2D eigenvalue weighted by atomic mass is 10.1. The molecule has 2 amide bonds. The summed E-state index contributed by atoms with van der Waals surface area (Å²) in [5.74, 6) is 0.513. The summed E-state index contributed by atoms with van der Waals surface area (Å²) in [5.41, 5.74) is 1.89. The van der Waals surface area contributed by atoms with Gasteiger partial charge in [0.25, 0.3) is 11.8 Å². The highest BCUT2D eigenvalue weighted by atomic mass is 16.5. The third kappa shape index (κ3) is 4.86. The van der Waals surface area contributed by atoms with E-state index in [4.69, 9.17) is 4.74 Å². The maximum atomic E-state index is 12.8. The Bertz CT molecular complexity index is 1040. The van der Waals surface area contributed by atoms with Crippen LogP contribution in [0.5, 0.6) is 11.5 Å². The van der Waals surface area contributed by atoms with Gasteiger partial charge >= 0.3 is 0 Å². The smallest absolute Gasteiger partial charge is 0.257 e. The fourth-order valence-electron chi connectivity index (χ4n) is 3.55. The molecule has 31 heavy (non-hydrogen) atoms. The Morgan fingerprint density at radius 3 is 1.97 bits per heavy atom. The number of carbonyl (C=O) groups excluding carboxylic acids is 2. The second kappa shape index (κ2) is 9.34. The Morgan fingerprint density at radius 1 is 0.742 bits per heavy atom. The number of nitrogens with zero attached hydrogens (tertiary/aromatic N) is 2. The Balaban J connectivity index is 1.31.